The molecule has 34 heavy (non-hydrogen) atoms. The van der Waals surface area contributed by atoms with Gasteiger partial charge in [0.1, 0.15) is 24.3 Å². The Hall–Kier alpha value is -1.50. The molecular formula is C22H24Br4O8. The molecule has 0 bridgehead atoms. The average molecular weight is 736 g/mol. The molecule has 188 valence electrons. The number of aromatic hydroxyl groups is 2. The van der Waals surface area contributed by atoms with E-state index in [4.69, 9.17) is 14.2 Å². The molecule has 1 heterocycles. The first-order valence-electron chi connectivity index (χ1n) is 9.97. The summed E-state index contributed by atoms with van der Waals surface area (Å²) < 4.78 is 21.6. The molecule has 3 rings (SSSR count). The zero-order chi connectivity index (χ0) is 25.7. The van der Waals surface area contributed by atoms with Gasteiger partial charge in [0, 0.05) is 10.7 Å². The number of fused-ring (bicyclic) bond motifs is 1. The van der Waals surface area contributed by atoms with Crippen molar-refractivity contribution in [2.45, 2.75) is 13.8 Å². The monoisotopic (exact) mass is 732 g/mol. The Bertz CT molecular complexity index is 966. The van der Waals surface area contributed by atoms with E-state index in [0.717, 1.165) is 15.1 Å². The summed E-state index contributed by atoms with van der Waals surface area (Å²) in [6, 6.07) is 6.24. The Morgan fingerprint density at radius 1 is 0.794 bits per heavy atom. The number of phenols is 2. The lowest BCUT2D eigenvalue weighted by Crippen LogP contribution is -2.18. The van der Waals surface area contributed by atoms with Gasteiger partial charge in [-0.15, -0.1) is 0 Å². The minimum atomic E-state index is -0.659. The molecule has 0 radical (unpaired) electrons. The second-order valence-corrected chi connectivity index (χ2v) is 9.36. The van der Waals surface area contributed by atoms with E-state index in [0.29, 0.717) is 41.4 Å². The summed E-state index contributed by atoms with van der Waals surface area (Å²) in [6.45, 7) is 4.90. The van der Waals surface area contributed by atoms with Crippen LogP contribution in [0.5, 0.6) is 23.0 Å². The van der Waals surface area contributed by atoms with Crippen molar-refractivity contribution in [3.05, 3.63) is 44.3 Å². The first-order valence-corrected chi connectivity index (χ1v) is 13.8. The van der Waals surface area contributed by atoms with Gasteiger partial charge in [0.25, 0.3) is 0 Å². The minimum Gasteiger partial charge on any atom is -0.504 e. The number of ether oxygens (including phenoxy) is 4. The second-order valence-electron chi connectivity index (χ2n) is 6.06. The molecule has 0 aromatic heterocycles. The molecule has 12 heteroatoms. The second kappa shape index (κ2) is 16.2. The van der Waals surface area contributed by atoms with Gasteiger partial charge in [-0.1, -0.05) is 31.9 Å². The quantitative estimate of drug-likeness (QED) is 0.212. The smallest absolute Gasteiger partial charge is 0.342 e. The van der Waals surface area contributed by atoms with E-state index in [9.17, 15) is 19.8 Å². The summed E-state index contributed by atoms with van der Waals surface area (Å²) in [6.07, 6.45) is 0. The van der Waals surface area contributed by atoms with Crippen LogP contribution >= 0.6 is 63.7 Å². The number of hydrogen-bond donors (Lipinski definition) is 2. The number of phenolic OH excluding ortho intramolecular Hbond substituents is 2. The molecule has 2 N–H and O–H groups in total. The van der Waals surface area contributed by atoms with Crippen molar-refractivity contribution in [3.63, 3.8) is 0 Å². The van der Waals surface area contributed by atoms with E-state index in [1.165, 1.54) is 12.1 Å². The number of hydrogen-bond acceptors (Lipinski definition) is 8. The highest BCUT2D eigenvalue weighted by molar-refractivity contribution is 9.12. The van der Waals surface area contributed by atoms with E-state index in [1.807, 2.05) is 0 Å². The molecule has 8 nitrogen and oxygen atoms in total. The molecule has 2 aromatic carbocycles. The predicted octanol–water partition coefficient (Wildman–Crippen LogP) is 6.21. The van der Waals surface area contributed by atoms with Gasteiger partial charge in [0.05, 0.1) is 22.2 Å². The number of benzene rings is 2. The number of carbonyl (C=O) groups is 2. The summed E-state index contributed by atoms with van der Waals surface area (Å²) >= 11 is 12.8. The van der Waals surface area contributed by atoms with Gasteiger partial charge >= 0.3 is 11.9 Å². The third kappa shape index (κ3) is 8.94. The molecule has 0 atom stereocenters. The molecular weight excluding hydrogens is 712 g/mol. The van der Waals surface area contributed by atoms with Crippen LogP contribution in [0.3, 0.4) is 0 Å². The lowest BCUT2D eigenvalue weighted by molar-refractivity contribution is 0.0509. The minimum absolute atomic E-state index is 0.0486. The third-order valence-corrected chi connectivity index (χ3v) is 6.93. The molecule has 0 unspecified atom stereocenters. The molecule has 0 saturated heterocycles. The molecule has 0 amide bonds. The van der Waals surface area contributed by atoms with Gasteiger partial charge in [0.15, 0.2) is 23.0 Å². The molecule has 0 aliphatic carbocycles. The highest BCUT2D eigenvalue weighted by Gasteiger charge is 2.23. The molecule has 2 aromatic rings. The summed E-state index contributed by atoms with van der Waals surface area (Å²) in [7, 11) is 0. The molecule has 0 spiro atoms. The number of halogens is 4. The van der Waals surface area contributed by atoms with Crippen molar-refractivity contribution in [2.75, 3.05) is 37.1 Å². The van der Waals surface area contributed by atoms with Crippen LogP contribution in [0.15, 0.2) is 33.2 Å². The van der Waals surface area contributed by atoms with Crippen LogP contribution in [0.1, 0.15) is 34.6 Å². The maximum atomic E-state index is 11.7. The Balaban J connectivity index is 0.000000297. The van der Waals surface area contributed by atoms with E-state index < -0.39 is 17.7 Å². The van der Waals surface area contributed by atoms with Gasteiger partial charge in [-0.05, 0) is 70.0 Å². The fourth-order valence-corrected chi connectivity index (χ4v) is 3.15. The zero-order valence-electron chi connectivity index (χ0n) is 18.4. The lowest BCUT2D eigenvalue weighted by atomic mass is 10.2. The number of esters is 2. The van der Waals surface area contributed by atoms with Crippen LogP contribution in [0.2, 0.25) is 0 Å². The molecule has 1 aliphatic rings. The van der Waals surface area contributed by atoms with Crippen LogP contribution < -0.4 is 9.47 Å². The fraction of sp³-hybridized carbons (Fsp3) is 0.364. The van der Waals surface area contributed by atoms with Crippen molar-refractivity contribution in [1.29, 1.82) is 0 Å². The van der Waals surface area contributed by atoms with E-state index >= 15 is 0 Å². The van der Waals surface area contributed by atoms with Crippen molar-refractivity contribution in [1.82, 2.24) is 0 Å². The highest BCUT2D eigenvalue weighted by Crippen LogP contribution is 2.40. The van der Waals surface area contributed by atoms with Crippen LogP contribution in [-0.4, -0.2) is 59.2 Å². The Morgan fingerprint density at radius 2 is 1.26 bits per heavy atom. The number of rotatable bonds is 5. The van der Waals surface area contributed by atoms with Gasteiger partial charge in [-0.2, -0.15) is 0 Å². The summed E-state index contributed by atoms with van der Waals surface area (Å²) in [5.41, 5.74) is 0.354. The lowest BCUT2D eigenvalue weighted by Gasteiger charge is -2.21. The average Bonchev–Trinajstić information content (AvgIpc) is 2.84. The van der Waals surface area contributed by atoms with Gasteiger partial charge in [-0.3, -0.25) is 0 Å². The normalized spacial score (nSPS) is 11.2. The summed E-state index contributed by atoms with van der Waals surface area (Å²) in [5, 5.41) is 20.8. The molecule has 1 aliphatic heterocycles. The number of alkyl halides is 2. The predicted molar refractivity (Wildman–Crippen MR) is 142 cm³/mol. The number of carbonyl (C=O) groups excluding carboxylic acids is 2. The Labute approximate surface area is 231 Å². The van der Waals surface area contributed by atoms with E-state index in [-0.39, 0.29) is 17.9 Å². The van der Waals surface area contributed by atoms with Gasteiger partial charge < -0.3 is 29.2 Å². The van der Waals surface area contributed by atoms with Crippen molar-refractivity contribution in [3.8, 4) is 23.0 Å². The van der Waals surface area contributed by atoms with Gasteiger partial charge in [0.2, 0.25) is 0 Å². The van der Waals surface area contributed by atoms with Crippen LogP contribution in [0.25, 0.3) is 0 Å². The Morgan fingerprint density at radius 3 is 1.79 bits per heavy atom. The van der Waals surface area contributed by atoms with Crippen LogP contribution in [0.4, 0.5) is 0 Å². The first-order chi connectivity index (χ1) is 16.2. The SMILES string of the molecule is BrCCBr.CCOC(=O)c1ccc(Br)c(O)c1O.CCOC(=O)c1ccc(Br)c2c1OCCO2. The zero-order valence-corrected chi connectivity index (χ0v) is 24.8. The largest absolute Gasteiger partial charge is 0.504 e. The van der Waals surface area contributed by atoms with Gasteiger partial charge in [-0.25, -0.2) is 9.59 Å². The van der Waals surface area contributed by atoms with E-state index in [2.05, 4.69) is 68.5 Å². The summed E-state index contributed by atoms with van der Waals surface area (Å²) in [4.78, 5) is 22.9. The maximum absolute atomic E-state index is 11.7. The van der Waals surface area contributed by atoms with Crippen molar-refractivity contribution in [2.24, 2.45) is 0 Å². The standard InChI is InChI=1S/C11H11BrO4.C9H9BrO4.C2H4Br2/c1-2-14-11(13)7-3-4-8(12)10-9(7)15-5-6-16-10;1-2-14-9(13)5-3-4-6(10)8(12)7(5)11;3-1-2-4/h3-4H,2,5-6H2,1H3;3-4,11-12H,2H2,1H3;1-2H2. The highest BCUT2D eigenvalue weighted by atomic mass is 79.9. The third-order valence-electron chi connectivity index (χ3n) is 3.80. The van der Waals surface area contributed by atoms with Crippen molar-refractivity contribution < 1.29 is 38.7 Å². The van der Waals surface area contributed by atoms with Crippen LogP contribution in [0, 0.1) is 0 Å². The maximum Gasteiger partial charge on any atom is 0.342 e. The fourth-order valence-electron chi connectivity index (χ4n) is 2.40. The molecule has 0 saturated carbocycles. The summed E-state index contributed by atoms with van der Waals surface area (Å²) in [5.74, 6) is -0.867. The topological polar surface area (TPSA) is 112 Å². The van der Waals surface area contributed by atoms with Crippen LogP contribution in [-0.2, 0) is 9.47 Å². The Kier molecular flexibility index (Phi) is 14.6. The molecule has 0 fully saturated rings. The van der Waals surface area contributed by atoms with E-state index in [1.54, 1.807) is 26.0 Å². The first kappa shape index (κ1) is 30.5. The van der Waals surface area contributed by atoms with Crippen molar-refractivity contribution >= 4 is 75.7 Å².